The van der Waals surface area contributed by atoms with Gasteiger partial charge in [0.2, 0.25) is 11.6 Å². The van der Waals surface area contributed by atoms with Crippen LogP contribution in [0.4, 0.5) is 17.3 Å². The van der Waals surface area contributed by atoms with Crippen LogP contribution in [0.3, 0.4) is 0 Å². The molecule has 0 aliphatic rings. The van der Waals surface area contributed by atoms with Gasteiger partial charge in [-0.3, -0.25) is 10.1 Å². The zero-order valence-electron chi connectivity index (χ0n) is 9.71. The summed E-state index contributed by atoms with van der Waals surface area (Å²) >= 11 is 1.74. The molecule has 0 amide bonds. The van der Waals surface area contributed by atoms with E-state index in [1.165, 1.54) is 6.33 Å². The van der Waals surface area contributed by atoms with Gasteiger partial charge >= 0.3 is 5.69 Å². The molecule has 1 atom stereocenters. The van der Waals surface area contributed by atoms with Crippen molar-refractivity contribution in [2.24, 2.45) is 0 Å². The Morgan fingerprint density at radius 1 is 1.65 bits per heavy atom. The standard InChI is InChI=1S/C9H15N5O2S/c1-6(17-2)3-4-11-9-7(14(15)16)8(10)12-5-13-9/h5-6H,3-4H2,1-2H3,(H3,10,11,12,13). The van der Waals surface area contributed by atoms with Gasteiger partial charge in [0.05, 0.1) is 4.92 Å². The summed E-state index contributed by atoms with van der Waals surface area (Å²) in [4.78, 5) is 17.7. The molecule has 0 bridgehead atoms. The summed E-state index contributed by atoms with van der Waals surface area (Å²) in [6, 6.07) is 0. The first-order valence-corrected chi connectivity index (χ1v) is 6.36. The molecule has 1 aromatic heterocycles. The molecular formula is C9H15N5O2S. The number of rotatable bonds is 6. The van der Waals surface area contributed by atoms with Crippen molar-refractivity contribution in [1.29, 1.82) is 0 Å². The third-order valence-corrected chi connectivity index (χ3v) is 3.32. The molecule has 0 fully saturated rings. The lowest BCUT2D eigenvalue weighted by Crippen LogP contribution is -2.11. The zero-order valence-corrected chi connectivity index (χ0v) is 10.5. The van der Waals surface area contributed by atoms with E-state index in [2.05, 4.69) is 22.2 Å². The lowest BCUT2D eigenvalue weighted by molar-refractivity contribution is -0.383. The summed E-state index contributed by atoms with van der Waals surface area (Å²) in [6.07, 6.45) is 4.13. The average Bonchev–Trinajstić information content (AvgIpc) is 2.28. The van der Waals surface area contributed by atoms with E-state index in [0.717, 1.165) is 6.42 Å². The minimum Gasteiger partial charge on any atom is -0.378 e. The Morgan fingerprint density at radius 2 is 2.35 bits per heavy atom. The molecule has 0 radical (unpaired) electrons. The van der Waals surface area contributed by atoms with Gasteiger partial charge in [0.15, 0.2) is 0 Å². The highest BCUT2D eigenvalue weighted by Crippen LogP contribution is 2.26. The Morgan fingerprint density at radius 3 is 2.94 bits per heavy atom. The molecule has 0 saturated carbocycles. The van der Waals surface area contributed by atoms with Crippen molar-refractivity contribution in [3.05, 3.63) is 16.4 Å². The van der Waals surface area contributed by atoms with E-state index in [-0.39, 0.29) is 17.3 Å². The highest BCUT2D eigenvalue weighted by Gasteiger charge is 2.20. The number of nitrogens with one attached hydrogen (secondary N) is 1. The van der Waals surface area contributed by atoms with Gasteiger partial charge in [-0.15, -0.1) is 0 Å². The number of nitro groups is 1. The molecule has 3 N–H and O–H groups in total. The van der Waals surface area contributed by atoms with Crippen molar-refractivity contribution >= 4 is 29.1 Å². The second-order valence-corrected chi connectivity index (χ2v) is 4.75. The van der Waals surface area contributed by atoms with Gasteiger partial charge in [-0.2, -0.15) is 11.8 Å². The molecule has 0 spiro atoms. The summed E-state index contributed by atoms with van der Waals surface area (Å²) in [5.41, 5.74) is 5.18. The number of thioether (sulfide) groups is 1. The fourth-order valence-electron chi connectivity index (χ4n) is 1.21. The van der Waals surface area contributed by atoms with Crippen molar-refractivity contribution in [3.8, 4) is 0 Å². The van der Waals surface area contributed by atoms with Crippen LogP contribution in [0.5, 0.6) is 0 Å². The number of nitrogens with zero attached hydrogens (tertiary/aromatic N) is 3. The largest absolute Gasteiger partial charge is 0.378 e. The van der Waals surface area contributed by atoms with Gasteiger partial charge in [-0.25, -0.2) is 9.97 Å². The molecule has 0 aromatic carbocycles. The van der Waals surface area contributed by atoms with Gasteiger partial charge < -0.3 is 11.1 Å². The second-order valence-electron chi connectivity index (χ2n) is 3.48. The molecule has 7 nitrogen and oxygen atoms in total. The van der Waals surface area contributed by atoms with E-state index in [9.17, 15) is 10.1 Å². The first kappa shape index (κ1) is 13.5. The Kier molecular flexibility index (Phi) is 4.95. The van der Waals surface area contributed by atoms with Crippen LogP contribution >= 0.6 is 11.8 Å². The Hall–Kier alpha value is -1.57. The van der Waals surface area contributed by atoms with Crippen LogP contribution in [-0.2, 0) is 0 Å². The summed E-state index contributed by atoms with van der Waals surface area (Å²) in [6.45, 7) is 2.70. The Balaban J connectivity index is 2.71. The topological polar surface area (TPSA) is 107 Å². The monoisotopic (exact) mass is 257 g/mol. The predicted molar refractivity (Wildman–Crippen MR) is 69.2 cm³/mol. The average molecular weight is 257 g/mol. The van der Waals surface area contributed by atoms with Crippen LogP contribution in [0.1, 0.15) is 13.3 Å². The quantitative estimate of drug-likeness (QED) is 0.587. The molecule has 0 saturated heterocycles. The van der Waals surface area contributed by atoms with Crippen LogP contribution in [-0.4, -0.2) is 32.9 Å². The first-order valence-electron chi connectivity index (χ1n) is 5.07. The molecule has 17 heavy (non-hydrogen) atoms. The first-order chi connectivity index (χ1) is 8.06. The molecule has 1 aromatic rings. The number of hydrogen-bond donors (Lipinski definition) is 2. The normalized spacial score (nSPS) is 12.1. The third-order valence-electron chi connectivity index (χ3n) is 2.28. The highest BCUT2D eigenvalue weighted by atomic mass is 32.2. The van der Waals surface area contributed by atoms with Crippen LogP contribution in [0.25, 0.3) is 0 Å². The summed E-state index contributed by atoms with van der Waals surface area (Å²) in [5.74, 6) is 0.0567. The predicted octanol–water partition coefficient (Wildman–Crippen LogP) is 1.52. The van der Waals surface area contributed by atoms with E-state index in [1.807, 2.05) is 6.26 Å². The van der Waals surface area contributed by atoms with E-state index >= 15 is 0 Å². The fourth-order valence-corrected chi connectivity index (χ4v) is 1.57. The Bertz CT molecular complexity index is 401. The molecule has 1 unspecified atom stereocenters. The van der Waals surface area contributed by atoms with E-state index in [0.29, 0.717) is 11.8 Å². The number of hydrogen-bond acceptors (Lipinski definition) is 7. The van der Waals surface area contributed by atoms with Crippen molar-refractivity contribution in [1.82, 2.24) is 9.97 Å². The number of nitrogens with two attached hydrogens (primary N) is 1. The lowest BCUT2D eigenvalue weighted by Gasteiger charge is -2.09. The second kappa shape index (κ2) is 6.24. The zero-order chi connectivity index (χ0) is 12.8. The third kappa shape index (κ3) is 3.74. The minimum absolute atomic E-state index is 0.120. The SMILES string of the molecule is CSC(C)CCNc1ncnc(N)c1[N+](=O)[O-]. The van der Waals surface area contributed by atoms with Gasteiger partial charge in [0.25, 0.3) is 0 Å². The summed E-state index contributed by atoms with van der Waals surface area (Å²) in [5, 5.41) is 14.2. The van der Waals surface area contributed by atoms with Gasteiger partial charge in [-0.05, 0) is 12.7 Å². The summed E-state index contributed by atoms with van der Waals surface area (Å²) in [7, 11) is 0. The molecule has 1 rings (SSSR count). The van der Waals surface area contributed by atoms with Crippen LogP contribution in [0.15, 0.2) is 6.33 Å². The van der Waals surface area contributed by atoms with Crippen molar-refractivity contribution in [3.63, 3.8) is 0 Å². The smallest absolute Gasteiger partial charge is 0.352 e. The van der Waals surface area contributed by atoms with Crippen LogP contribution in [0, 0.1) is 10.1 Å². The maximum absolute atomic E-state index is 10.8. The molecular weight excluding hydrogens is 242 g/mol. The van der Waals surface area contributed by atoms with E-state index < -0.39 is 4.92 Å². The maximum Gasteiger partial charge on any atom is 0.352 e. The summed E-state index contributed by atoms with van der Waals surface area (Å²) < 4.78 is 0. The molecule has 1 heterocycles. The lowest BCUT2D eigenvalue weighted by atomic mass is 10.3. The maximum atomic E-state index is 10.8. The number of nitrogen functional groups attached to an aromatic ring is 1. The number of anilines is 2. The van der Waals surface area contributed by atoms with Gasteiger partial charge in [0, 0.05) is 11.8 Å². The van der Waals surface area contributed by atoms with E-state index in [4.69, 9.17) is 5.73 Å². The van der Waals surface area contributed by atoms with Crippen LogP contribution < -0.4 is 11.1 Å². The Labute approximate surface area is 103 Å². The van der Waals surface area contributed by atoms with Crippen molar-refractivity contribution < 1.29 is 4.92 Å². The minimum atomic E-state index is -0.574. The van der Waals surface area contributed by atoms with Crippen molar-refractivity contribution in [2.45, 2.75) is 18.6 Å². The molecule has 0 aliphatic heterocycles. The highest BCUT2D eigenvalue weighted by molar-refractivity contribution is 7.99. The van der Waals surface area contributed by atoms with Gasteiger partial charge in [-0.1, -0.05) is 6.92 Å². The van der Waals surface area contributed by atoms with Gasteiger partial charge in [0.1, 0.15) is 6.33 Å². The molecule has 94 valence electrons. The van der Waals surface area contributed by atoms with Crippen LogP contribution in [0.2, 0.25) is 0 Å². The fraction of sp³-hybridized carbons (Fsp3) is 0.556. The van der Waals surface area contributed by atoms with E-state index in [1.54, 1.807) is 11.8 Å². The molecule has 0 aliphatic carbocycles. The van der Waals surface area contributed by atoms with Crippen molar-refractivity contribution in [2.75, 3.05) is 23.9 Å². The molecule has 8 heteroatoms. The number of aromatic nitrogens is 2.